The zero-order valence-electron chi connectivity index (χ0n) is 14.3. The molecular weight excluding hydrogens is 338 g/mol. The maximum Gasteiger partial charge on any atom is 0.218 e. The Morgan fingerprint density at radius 1 is 1.32 bits per heavy atom. The smallest absolute Gasteiger partial charge is 0.218 e. The third-order valence-corrected chi connectivity index (χ3v) is 4.04. The van der Waals surface area contributed by atoms with Gasteiger partial charge in [-0.05, 0) is 17.9 Å². The number of ether oxygens (including phenoxy) is 1. The number of hydrogen-bond acceptors (Lipinski definition) is 6. The fourth-order valence-electron chi connectivity index (χ4n) is 2.80. The van der Waals surface area contributed by atoms with Crippen molar-refractivity contribution in [1.29, 1.82) is 5.26 Å². The molecule has 7 heteroatoms. The fourth-order valence-corrected chi connectivity index (χ4v) is 2.93. The summed E-state index contributed by atoms with van der Waals surface area (Å²) >= 11 is 5.86. The van der Waals surface area contributed by atoms with Crippen LogP contribution in [-0.2, 0) is 0 Å². The van der Waals surface area contributed by atoms with Gasteiger partial charge >= 0.3 is 0 Å². The highest BCUT2D eigenvalue weighted by Gasteiger charge is 2.33. The molecule has 1 atom stereocenters. The molecule has 0 aromatic carbocycles. The van der Waals surface area contributed by atoms with E-state index in [-0.39, 0.29) is 17.9 Å². The first-order valence-electron chi connectivity index (χ1n) is 7.93. The van der Waals surface area contributed by atoms with Crippen LogP contribution in [0.5, 0.6) is 5.88 Å². The van der Waals surface area contributed by atoms with Gasteiger partial charge in [-0.3, -0.25) is 4.99 Å². The van der Waals surface area contributed by atoms with Crippen LogP contribution in [0.1, 0.15) is 27.2 Å². The van der Waals surface area contributed by atoms with Gasteiger partial charge in [-0.15, -0.1) is 0 Å². The molecule has 0 spiro atoms. The van der Waals surface area contributed by atoms with Gasteiger partial charge in [0.1, 0.15) is 29.9 Å². The van der Waals surface area contributed by atoms with E-state index in [1.165, 1.54) is 6.33 Å². The topological polar surface area (TPSA) is 83.5 Å². The Bertz CT molecular complexity index is 855. The van der Waals surface area contributed by atoms with Crippen LogP contribution in [0.2, 0.25) is 5.15 Å². The number of fused-ring (bicyclic) bond motifs is 1. The van der Waals surface area contributed by atoms with Crippen molar-refractivity contribution < 1.29 is 4.74 Å². The van der Waals surface area contributed by atoms with Crippen molar-refractivity contribution in [2.24, 2.45) is 21.3 Å². The Hall–Kier alpha value is -2.52. The Morgan fingerprint density at radius 3 is 2.80 bits per heavy atom. The highest BCUT2D eigenvalue weighted by Crippen LogP contribution is 2.33. The summed E-state index contributed by atoms with van der Waals surface area (Å²) in [6.07, 6.45) is 5.72. The Balaban J connectivity index is 1.83. The third-order valence-electron chi connectivity index (χ3n) is 3.84. The van der Waals surface area contributed by atoms with Crippen LogP contribution >= 0.6 is 11.6 Å². The van der Waals surface area contributed by atoms with E-state index in [4.69, 9.17) is 21.6 Å². The number of aliphatic imine (C=N–C) groups is 2. The first-order chi connectivity index (χ1) is 11.9. The zero-order chi connectivity index (χ0) is 18.0. The second-order valence-corrected chi connectivity index (χ2v) is 7.52. The van der Waals surface area contributed by atoms with Crippen LogP contribution in [0, 0.1) is 22.7 Å². The molecule has 0 aliphatic carbocycles. The van der Waals surface area contributed by atoms with E-state index in [1.807, 2.05) is 0 Å². The molecule has 0 bridgehead atoms. The molecule has 0 fully saturated rings. The first-order valence-corrected chi connectivity index (χ1v) is 8.31. The molecular formula is C18H18ClN5O. The lowest BCUT2D eigenvalue weighted by molar-refractivity contribution is 0.337. The molecule has 0 amide bonds. The standard InChI is InChI=1S/C18H18ClN5O/c1-18(2,3)6-13-14(9-25-16-5-15(19)22-10-23-16)21-8-11-4-12(7-20)24-17(11)13/h4-5,8,10,13H,6,9H2,1-3H3. The molecule has 1 aromatic rings. The summed E-state index contributed by atoms with van der Waals surface area (Å²) in [6, 6.07) is 3.66. The highest BCUT2D eigenvalue weighted by atomic mass is 35.5. The van der Waals surface area contributed by atoms with E-state index in [2.05, 4.69) is 46.8 Å². The van der Waals surface area contributed by atoms with Crippen molar-refractivity contribution in [3.8, 4) is 11.9 Å². The fraction of sp³-hybridized carbons (Fsp3) is 0.389. The van der Waals surface area contributed by atoms with E-state index in [0.29, 0.717) is 16.7 Å². The van der Waals surface area contributed by atoms with E-state index in [1.54, 1.807) is 18.3 Å². The van der Waals surface area contributed by atoms with Gasteiger partial charge < -0.3 is 4.74 Å². The Kier molecular flexibility index (Phi) is 4.69. The minimum atomic E-state index is -0.000547. The molecule has 0 radical (unpaired) electrons. The van der Waals surface area contributed by atoms with Crippen LogP contribution in [0.15, 0.2) is 45.9 Å². The van der Waals surface area contributed by atoms with Crippen LogP contribution in [-0.4, -0.2) is 28.0 Å². The second-order valence-electron chi connectivity index (χ2n) is 7.13. The predicted molar refractivity (Wildman–Crippen MR) is 96.7 cm³/mol. The molecule has 3 rings (SSSR count). The Morgan fingerprint density at radius 2 is 2.12 bits per heavy atom. The molecule has 1 aromatic heterocycles. The van der Waals surface area contributed by atoms with Crippen LogP contribution in [0.25, 0.3) is 0 Å². The summed E-state index contributed by atoms with van der Waals surface area (Å²) in [4.78, 5) is 16.9. The number of rotatable bonds is 4. The maximum absolute atomic E-state index is 9.13. The van der Waals surface area contributed by atoms with E-state index in [0.717, 1.165) is 23.4 Å². The minimum absolute atomic E-state index is 0.000547. The average Bonchev–Trinajstić information content (AvgIpc) is 2.97. The molecule has 2 aliphatic rings. The lowest BCUT2D eigenvalue weighted by Gasteiger charge is -2.29. The molecule has 2 aliphatic heterocycles. The lowest BCUT2D eigenvalue weighted by atomic mass is 9.78. The summed E-state index contributed by atoms with van der Waals surface area (Å²) in [5.74, 6) is 0.399. The van der Waals surface area contributed by atoms with Crippen LogP contribution in [0.3, 0.4) is 0 Å². The number of aromatic nitrogens is 2. The quantitative estimate of drug-likeness (QED) is 0.770. The monoisotopic (exact) mass is 355 g/mol. The molecule has 0 N–H and O–H groups in total. The highest BCUT2D eigenvalue weighted by molar-refractivity contribution is 6.29. The number of halogens is 1. The van der Waals surface area contributed by atoms with Gasteiger partial charge in [-0.2, -0.15) is 5.26 Å². The summed E-state index contributed by atoms with van der Waals surface area (Å²) in [5.41, 5.74) is 3.14. The molecule has 0 saturated carbocycles. The zero-order valence-corrected chi connectivity index (χ0v) is 15.1. The van der Waals surface area contributed by atoms with E-state index in [9.17, 15) is 0 Å². The molecule has 1 unspecified atom stereocenters. The lowest BCUT2D eigenvalue weighted by Crippen LogP contribution is -2.34. The van der Waals surface area contributed by atoms with Gasteiger partial charge in [-0.25, -0.2) is 15.0 Å². The SMILES string of the molecule is CC(C)(C)CC1C(COc2cc(Cl)ncn2)=NC=C2C=C(C#N)N=C21. The third kappa shape index (κ3) is 4.12. The molecule has 0 saturated heterocycles. The van der Waals surface area contributed by atoms with Gasteiger partial charge in [-0.1, -0.05) is 32.4 Å². The maximum atomic E-state index is 9.13. The van der Waals surface area contributed by atoms with Gasteiger partial charge in [0.05, 0.1) is 11.4 Å². The van der Waals surface area contributed by atoms with Crippen LogP contribution < -0.4 is 4.74 Å². The van der Waals surface area contributed by atoms with Crippen molar-refractivity contribution in [3.63, 3.8) is 0 Å². The van der Waals surface area contributed by atoms with Crippen molar-refractivity contribution in [2.45, 2.75) is 27.2 Å². The summed E-state index contributed by atoms with van der Waals surface area (Å²) in [7, 11) is 0. The molecule has 6 nitrogen and oxygen atoms in total. The molecule has 3 heterocycles. The number of hydrogen-bond donors (Lipinski definition) is 0. The van der Waals surface area contributed by atoms with E-state index < -0.39 is 0 Å². The summed E-state index contributed by atoms with van der Waals surface area (Å²) in [5, 5.41) is 9.46. The van der Waals surface area contributed by atoms with Crippen molar-refractivity contribution in [3.05, 3.63) is 41.1 Å². The van der Waals surface area contributed by atoms with Crippen LogP contribution in [0.4, 0.5) is 0 Å². The normalized spacial score (nSPS) is 19.2. The summed E-state index contributed by atoms with van der Waals surface area (Å²) in [6.45, 7) is 6.78. The number of allylic oxidation sites excluding steroid dienone is 3. The number of nitriles is 1. The van der Waals surface area contributed by atoms with E-state index >= 15 is 0 Å². The van der Waals surface area contributed by atoms with Crippen molar-refractivity contribution in [2.75, 3.05) is 6.61 Å². The average molecular weight is 356 g/mol. The van der Waals surface area contributed by atoms with Gasteiger partial charge in [0.25, 0.3) is 0 Å². The predicted octanol–water partition coefficient (Wildman–Crippen LogP) is 3.76. The number of nitrogens with zero attached hydrogens (tertiary/aromatic N) is 5. The Labute approximate surface area is 151 Å². The van der Waals surface area contributed by atoms with Gasteiger partial charge in [0.15, 0.2) is 0 Å². The second kappa shape index (κ2) is 6.77. The van der Waals surface area contributed by atoms with Gasteiger partial charge in [0, 0.05) is 23.8 Å². The largest absolute Gasteiger partial charge is 0.471 e. The minimum Gasteiger partial charge on any atom is -0.471 e. The van der Waals surface area contributed by atoms with Crippen molar-refractivity contribution in [1.82, 2.24) is 9.97 Å². The van der Waals surface area contributed by atoms with Crippen molar-refractivity contribution >= 4 is 23.0 Å². The molecule has 25 heavy (non-hydrogen) atoms. The van der Waals surface area contributed by atoms with Gasteiger partial charge in [0.2, 0.25) is 5.88 Å². The molecule has 128 valence electrons. The first kappa shape index (κ1) is 17.3. The summed E-state index contributed by atoms with van der Waals surface area (Å²) < 4.78 is 5.74.